The largest absolute Gasteiger partial charge is 0.493 e. The molecule has 0 aliphatic heterocycles. The number of hydrogen-bond donors (Lipinski definition) is 2. The van der Waals surface area contributed by atoms with Crippen molar-refractivity contribution < 1.29 is 19.1 Å². The van der Waals surface area contributed by atoms with Gasteiger partial charge in [0, 0.05) is 16.0 Å². The van der Waals surface area contributed by atoms with Crippen LogP contribution in [0.3, 0.4) is 0 Å². The third kappa shape index (κ3) is 3.99. The molecule has 1 aliphatic rings. The lowest BCUT2D eigenvalue weighted by Crippen LogP contribution is -2.42. The van der Waals surface area contributed by atoms with Crippen LogP contribution in [0, 0.1) is 5.92 Å². The Hall–Kier alpha value is -2.54. The molecule has 7 heteroatoms. The molecule has 26 heavy (non-hydrogen) atoms. The number of benzene rings is 2. The van der Waals surface area contributed by atoms with Crippen LogP contribution in [0.1, 0.15) is 28.3 Å². The molecule has 0 heterocycles. The topological polar surface area (TPSA) is 76.7 Å². The highest BCUT2D eigenvalue weighted by atomic mass is 79.9. The predicted molar refractivity (Wildman–Crippen MR) is 100 cm³/mol. The van der Waals surface area contributed by atoms with Crippen molar-refractivity contribution in [2.24, 2.45) is 5.92 Å². The molecule has 2 N–H and O–H groups in total. The van der Waals surface area contributed by atoms with E-state index in [0.29, 0.717) is 17.1 Å². The number of halogens is 1. The molecular weight excluding hydrogens is 400 g/mol. The number of nitrogens with one attached hydrogen (secondary N) is 2. The van der Waals surface area contributed by atoms with E-state index in [1.807, 2.05) is 24.3 Å². The minimum atomic E-state index is -0.418. The van der Waals surface area contributed by atoms with Crippen LogP contribution in [-0.4, -0.2) is 26.0 Å². The molecule has 1 saturated carbocycles. The lowest BCUT2D eigenvalue weighted by molar-refractivity contribution is -0.123. The summed E-state index contributed by atoms with van der Waals surface area (Å²) in [6.45, 7) is 0. The summed E-state index contributed by atoms with van der Waals surface area (Å²) in [4.78, 5) is 24.5. The van der Waals surface area contributed by atoms with Crippen LogP contribution < -0.4 is 20.3 Å². The van der Waals surface area contributed by atoms with Crippen LogP contribution in [-0.2, 0) is 4.79 Å². The first-order chi connectivity index (χ1) is 12.5. The van der Waals surface area contributed by atoms with Gasteiger partial charge in [0.15, 0.2) is 11.5 Å². The van der Waals surface area contributed by atoms with Crippen LogP contribution in [0.2, 0.25) is 0 Å². The Labute approximate surface area is 160 Å². The second kappa shape index (κ2) is 7.78. The fraction of sp³-hybridized carbons (Fsp3) is 0.263. The third-order valence-electron chi connectivity index (χ3n) is 4.35. The molecule has 2 aromatic carbocycles. The molecule has 2 unspecified atom stereocenters. The average molecular weight is 419 g/mol. The van der Waals surface area contributed by atoms with Crippen LogP contribution in [0.25, 0.3) is 0 Å². The molecule has 0 aromatic heterocycles. The highest BCUT2D eigenvalue weighted by Crippen LogP contribution is 2.47. The van der Waals surface area contributed by atoms with Gasteiger partial charge in [0.05, 0.1) is 14.2 Å². The molecule has 2 amide bonds. The third-order valence-corrected chi connectivity index (χ3v) is 4.84. The molecule has 0 radical (unpaired) electrons. The summed E-state index contributed by atoms with van der Waals surface area (Å²) in [5.74, 6) is 0.426. The van der Waals surface area contributed by atoms with E-state index in [4.69, 9.17) is 9.47 Å². The zero-order chi connectivity index (χ0) is 18.7. The van der Waals surface area contributed by atoms with Gasteiger partial charge in [-0.1, -0.05) is 28.1 Å². The molecule has 6 nitrogen and oxygen atoms in total. The van der Waals surface area contributed by atoms with Gasteiger partial charge in [-0.05, 0) is 48.2 Å². The summed E-state index contributed by atoms with van der Waals surface area (Å²) in [6, 6.07) is 12.7. The van der Waals surface area contributed by atoms with Gasteiger partial charge in [0.1, 0.15) is 0 Å². The Balaban J connectivity index is 1.56. The zero-order valence-corrected chi connectivity index (χ0v) is 16.0. The van der Waals surface area contributed by atoms with Crippen molar-refractivity contribution in [3.63, 3.8) is 0 Å². The van der Waals surface area contributed by atoms with Crippen molar-refractivity contribution in [3.05, 3.63) is 58.1 Å². The molecular formula is C19H19BrN2O4. The molecule has 0 saturated heterocycles. The van der Waals surface area contributed by atoms with Gasteiger partial charge in [0.25, 0.3) is 5.91 Å². The average Bonchev–Trinajstić information content (AvgIpc) is 3.46. The van der Waals surface area contributed by atoms with Crippen molar-refractivity contribution in [2.75, 3.05) is 14.2 Å². The highest BCUT2D eigenvalue weighted by Gasteiger charge is 2.44. The van der Waals surface area contributed by atoms with E-state index in [1.165, 1.54) is 14.2 Å². The van der Waals surface area contributed by atoms with Crippen molar-refractivity contribution >= 4 is 27.7 Å². The molecule has 136 valence electrons. The van der Waals surface area contributed by atoms with E-state index in [0.717, 1.165) is 16.5 Å². The standard InChI is InChI=1S/C19H19BrN2O4/c1-25-16-7-6-12(9-17(16)26-2)18(23)21-22-19(24)15-10-14(15)11-4-3-5-13(20)8-11/h3-9,14-15H,10H2,1-2H3,(H,21,23)(H,22,24). The Morgan fingerprint density at radius 2 is 1.81 bits per heavy atom. The van der Waals surface area contributed by atoms with Crippen LogP contribution in [0.5, 0.6) is 11.5 Å². The van der Waals surface area contributed by atoms with Crippen molar-refractivity contribution in [1.29, 1.82) is 0 Å². The Morgan fingerprint density at radius 3 is 2.50 bits per heavy atom. The smallest absolute Gasteiger partial charge is 0.269 e. The predicted octanol–water partition coefficient (Wildman–Crippen LogP) is 3.03. The number of hydrogen-bond acceptors (Lipinski definition) is 4. The molecule has 0 bridgehead atoms. The van der Waals surface area contributed by atoms with Gasteiger partial charge in [-0.3, -0.25) is 20.4 Å². The maximum Gasteiger partial charge on any atom is 0.269 e. The van der Waals surface area contributed by atoms with Gasteiger partial charge in [-0.25, -0.2) is 0 Å². The lowest BCUT2D eigenvalue weighted by atomic mass is 10.1. The van der Waals surface area contributed by atoms with E-state index in [1.54, 1.807) is 18.2 Å². The van der Waals surface area contributed by atoms with Crippen molar-refractivity contribution in [3.8, 4) is 11.5 Å². The quantitative estimate of drug-likeness (QED) is 0.731. The minimum absolute atomic E-state index is 0.130. The number of amides is 2. The molecule has 0 spiro atoms. The molecule has 1 fully saturated rings. The van der Waals surface area contributed by atoms with Gasteiger partial charge in [0.2, 0.25) is 5.91 Å². The van der Waals surface area contributed by atoms with Gasteiger partial charge in [-0.15, -0.1) is 0 Å². The molecule has 2 aromatic rings. The highest BCUT2D eigenvalue weighted by molar-refractivity contribution is 9.10. The van der Waals surface area contributed by atoms with Gasteiger partial charge >= 0.3 is 0 Å². The summed E-state index contributed by atoms with van der Waals surface area (Å²) in [5, 5.41) is 0. The van der Waals surface area contributed by atoms with Crippen LogP contribution in [0.4, 0.5) is 0 Å². The monoisotopic (exact) mass is 418 g/mol. The van der Waals surface area contributed by atoms with E-state index in [9.17, 15) is 9.59 Å². The molecule has 1 aliphatic carbocycles. The summed E-state index contributed by atoms with van der Waals surface area (Å²) < 4.78 is 11.3. The summed E-state index contributed by atoms with van der Waals surface area (Å²) >= 11 is 3.44. The number of carbonyl (C=O) groups is 2. The maximum absolute atomic E-state index is 12.3. The first-order valence-corrected chi connectivity index (χ1v) is 8.90. The number of rotatable bonds is 5. The molecule has 2 atom stereocenters. The van der Waals surface area contributed by atoms with E-state index < -0.39 is 5.91 Å². The van der Waals surface area contributed by atoms with E-state index >= 15 is 0 Å². The van der Waals surface area contributed by atoms with E-state index in [2.05, 4.69) is 26.8 Å². The SMILES string of the molecule is COc1ccc(C(=O)NNC(=O)C2CC2c2cccc(Br)c2)cc1OC. The normalized spacial score (nSPS) is 18.0. The van der Waals surface area contributed by atoms with Crippen molar-refractivity contribution in [1.82, 2.24) is 10.9 Å². The maximum atomic E-state index is 12.3. The minimum Gasteiger partial charge on any atom is -0.493 e. The summed E-state index contributed by atoms with van der Waals surface area (Å²) in [6.07, 6.45) is 0.772. The number of carbonyl (C=O) groups excluding carboxylic acids is 2. The summed E-state index contributed by atoms with van der Waals surface area (Å²) in [7, 11) is 3.02. The number of ether oxygens (including phenoxy) is 2. The zero-order valence-electron chi connectivity index (χ0n) is 14.4. The van der Waals surface area contributed by atoms with Crippen molar-refractivity contribution in [2.45, 2.75) is 12.3 Å². The fourth-order valence-electron chi connectivity index (χ4n) is 2.85. The fourth-order valence-corrected chi connectivity index (χ4v) is 3.27. The first-order valence-electron chi connectivity index (χ1n) is 8.11. The molecule has 3 rings (SSSR count). The number of hydrazine groups is 1. The van der Waals surface area contributed by atoms with Crippen LogP contribution >= 0.6 is 15.9 Å². The summed E-state index contributed by atoms with van der Waals surface area (Å²) in [5.41, 5.74) is 6.43. The lowest BCUT2D eigenvalue weighted by Gasteiger charge is -2.10. The Kier molecular flexibility index (Phi) is 5.46. The first kappa shape index (κ1) is 18.3. The Morgan fingerprint density at radius 1 is 1.04 bits per heavy atom. The van der Waals surface area contributed by atoms with Gasteiger partial charge < -0.3 is 9.47 Å². The second-order valence-corrected chi connectivity index (χ2v) is 6.93. The second-order valence-electron chi connectivity index (χ2n) is 6.02. The van der Waals surface area contributed by atoms with E-state index in [-0.39, 0.29) is 17.7 Å². The van der Waals surface area contributed by atoms with Crippen LogP contribution in [0.15, 0.2) is 46.9 Å². The number of methoxy groups -OCH3 is 2. The Bertz CT molecular complexity index is 840. The van der Waals surface area contributed by atoms with Gasteiger partial charge in [-0.2, -0.15) is 0 Å².